The van der Waals surface area contributed by atoms with Gasteiger partial charge in [-0.15, -0.1) is 0 Å². The first-order chi connectivity index (χ1) is 44.1. The normalized spacial score (nSPS) is 27.3. The van der Waals surface area contributed by atoms with Gasteiger partial charge in [0.1, 0.15) is 73.1 Å². The monoisotopic (exact) mass is 1340 g/mol. The Balaban J connectivity index is 3.03. The molecule has 2 fully saturated rings. The Kier molecular flexibility index (Phi) is 34.5. The predicted octanol–water partition coefficient (Wildman–Crippen LogP) is 1.70. The third-order valence-corrected chi connectivity index (χ3v) is 18.4. The van der Waals surface area contributed by atoms with Crippen LogP contribution in [-0.4, -0.2) is 276 Å². The van der Waals surface area contributed by atoms with Crippen LogP contribution in [0.3, 0.4) is 0 Å². The summed E-state index contributed by atoms with van der Waals surface area (Å²) in [6, 6.07) is -14.4. The molecule has 12 amide bonds. The first kappa shape index (κ1) is 84.3. The van der Waals surface area contributed by atoms with Gasteiger partial charge in [-0.05, 0) is 95.3 Å². The average molecular weight is 1340 g/mol. The largest absolute Gasteiger partial charge is 0.390 e. The van der Waals surface area contributed by atoms with Crippen LogP contribution in [0.25, 0.3) is 0 Å². The zero-order chi connectivity index (χ0) is 73.0. The highest BCUT2D eigenvalue weighted by molar-refractivity contribution is 6.00. The number of amides is 12. The highest BCUT2D eigenvalue weighted by Crippen LogP contribution is 2.26. The van der Waals surface area contributed by atoms with Crippen LogP contribution in [0.1, 0.15) is 150 Å². The molecule has 2 heterocycles. The van der Waals surface area contributed by atoms with Crippen LogP contribution in [0.5, 0.6) is 0 Å². The van der Waals surface area contributed by atoms with E-state index in [-0.39, 0.29) is 69.0 Å². The number of hydrogen-bond donors (Lipinski definition) is 6. The average Bonchev–Trinajstić information content (AvgIpc) is 0.810. The molecule has 0 bridgehead atoms. The molecule has 2 aliphatic rings. The van der Waals surface area contributed by atoms with Crippen molar-refractivity contribution in [2.24, 2.45) is 41.4 Å². The fraction of sp³-hybridized carbons (Fsp3) is 0.794. The minimum Gasteiger partial charge on any atom is -0.390 e. The van der Waals surface area contributed by atoms with Crippen LogP contribution in [-0.2, 0) is 62.3 Å². The van der Waals surface area contributed by atoms with E-state index in [1.807, 2.05) is 41.5 Å². The van der Waals surface area contributed by atoms with Crippen LogP contribution in [0.15, 0.2) is 12.2 Å². The van der Waals surface area contributed by atoms with Crippen molar-refractivity contribution in [2.75, 3.05) is 88.7 Å². The van der Waals surface area contributed by atoms with Gasteiger partial charge >= 0.3 is 0 Å². The summed E-state index contributed by atoms with van der Waals surface area (Å²) in [7, 11) is 9.77. The van der Waals surface area contributed by atoms with Gasteiger partial charge in [0.05, 0.1) is 12.7 Å². The summed E-state index contributed by atoms with van der Waals surface area (Å²) in [5.41, 5.74) is 0. The second kappa shape index (κ2) is 38.9. The number of piperazine rings is 1. The molecule has 0 aromatic heterocycles. The third-order valence-electron chi connectivity index (χ3n) is 18.4. The number of nitrogens with one attached hydrogen (secondary N) is 5. The molecular weight excluding hydrogens is 1220 g/mol. The van der Waals surface area contributed by atoms with E-state index in [1.165, 1.54) is 89.7 Å². The van der Waals surface area contributed by atoms with Gasteiger partial charge < -0.3 is 75.6 Å². The fourth-order valence-electron chi connectivity index (χ4n) is 12.2. The standard InChI is InChI=1S/C68H121N13O14/c1-25-27-28-43(13)57(83)56-61(87)72-48(26-2)64(90)74(18)47(17)63(89)79(23)55(44(14)36-95-37-52(82)81-31-29-69-30-32-81)60(86)73-53(41(9)10)67(93)75(19)49(33-38(3)4)59(85)70-45(15)58(84)71-46(16)62(88)76(20)50(34-39(5)6)65(91)77(21)51(35-40(7)8)66(92)78(22)54(42(11)12)68(94)80(56)24/h25,27,38-51,53-57,69,83H,26,28-37H2,1-24H3,(H,70,85)(H,71,84)(H,72,87)(H,73,86)/b27-25+/t43-,44-,45+,46-,47-,48+,49+,50+,51?,53+,54+,55+,56?,57-/m1/s1. The fourth-order valence-corrected chi connectivity index (χ4v) is 12.2. The molecule has 542 valence electrons. The van der Waals surface area contributed by atoms with E-state index < -0.39 is 161 Å². The van der Waals surface area contributed by atoms with Crippen LogP contribution in [0.2, 0.25) is 0 Å². The van der Waals surface area contributed by atoms with E-state index >= 15 is 24.0 Å². The van der Waals surface area contributed by atoms with Gasteiger partial charge in [-0.1, -0.05) is 102 Å². The number of aliphatic hydroxyl groups excluding tert-OH is 1. The van der Waals surface area contributed by atoms with Crippen molar-refractivity contribution < 1.29 is 67.4 Å². The molecule has 2 rings (SSSR count). The molecule has 0 spiro atoms. The molecule has 2 saturated heterocycles. The first-order valence-electron chi connectivity index (χ1n) is 34.1. The number of nitrogens with zero attached hydrogens (tertiary/aromatic N) is 8. The molecule has 0 radical (unpaired) electrons. The van der Waals surface area contributed by atoms with Crippen LogP contribution < -0.4 is 26.6 Å². The van der Waals surface area contributed by atoms with E-state index in [0.717, 1.165) is 14.7 Å². The van der Waals surface area contributed by atoms with Gasteiger partial charge in [0.25, 0.3) is 0 Å². The quantitative estimate of drug-likeness (QED) is 0.106. The van der Waals surface area contributed by atoms with Crippen molar-refractivity contribution in [3.63, 3.8) is 0 Å². The maximum Gasteiger partial charge on any atom is 0.248 e. The minimum atomic E-state index is -1.66. The smallest absolute Gasteiger partial charge is 0.248 e. The number of allylic oxidation sites excluding steroid dienone is 2. The lowest BCUT2D eigenvalue weighted by atomic mass is 9.91. The topological polar surface area (TPSA) is 320 Å². The van der Waals surface area contributed by atoms with Crippen molar-refractivity contribution >= 4 is 70.9 Å². The van der Waals surface area contributed by atoms with Gasteiger partial charge in [0.15, 0.2) is 0 Å². The lowest BCUT2D eigenvalue weighted by Gasteiger charge is -2.41. The molecule has 27 heteroatoms. The van der Waals surface area contributed by atoms with Crippen molar-refractivity contribution in [1.29, 1.82) is 0 Å². The number of rotatable bonds is 18. The number of likely N-dealkylation sites (N-methyl/N-ethyl adjacent to an activating group) is 7. The van der Waals surface area contributed by atoms with E-state index in [1.54, 1.807) is 72.4 Å². The molecular formula is C68H121N13O14. The predicted molar refractivity (Wildman–Crippen MR) is 363 cm³/mol. The summed E-state index contributed by atoms with van der Waals surface area (Å²) >= 11 is 0. The summed E-state index contributed by atoms with van der Waals surface area (Å²) in [6.07, 6.45) is 2.66. The number of aliphatic hydroxyl groups is 1. The Morgan fingerprint density at radius 2 is 0.979 bits per heavy atom. The third kappa shape index (κ3) is 23.2. The van der Waals surface area contributed by atoms with Crippen molar-refractivity contribution in [2.45, 2.75) is 222 Å². The SMILES string of the molecule is C/C=C/C[C@@H](C)[C@@H](O)C1C(=O)N[C@@H](CC)C(=O)N(C)[C@H](C)C(=O)N(C)[C@@H]([C@H](C)COCC(=O)N2CCNCC2)C(=O)N[C@@H](C(C)C)C(=O)N(C)[C@@H](CC(C)C)C(=O)N[C@@H](C)C(=O)N[C@H](C)C(=O)N(C)[C@@H](CC(C)C)C(=O)N(C)C(CC(C)C)C(=O)N(C)[C@@H](C(C)C)C(=O)N1C. The maximum atomic E-state index is 15.3. The lowest BCUT2D eigenvalue weighted by molar-refractivity contribution is -0.157. The molecule has 0 aromatic rings. The van der Waals surface area contributed by atoms with Crippen molar-refractivity contribution in [3.05, 3.63) is 12.2 Å². The number of carbonyl (C=O) groups excluding carboxylic acids is 12. The van der Waals surface area contributed by atoms with Crippen LogP contribution in [0, 0.1) is 41.4 Å². The molecule has 0 aromatic carbocycles. The highest BCUT2D eigenvalue weighted by atomic mass is 16.5. The van der Waals surface area contributed by atoms with Crippen LogP contribution >= 0.6 is 0 Å². The van der Waals surface area contributed by atoms with Gasteiger partial charge in [-0.3, -0.25) is 57.5 Å². The number of hydrogen-bond acceptors (Lipinski definition) is 15. The molecule has 2 unspecified atom stereocenters. The summed E-state index contributed by atoms with van der Waals surface area (Å²) in [5, 5.41) is 26.4. The number of ether oxygens (including phenoxy) is 1. The summed E-state index contributed by atoms with van der Waals surface area (Å²) < 4.78 is 5.95. The molecule has 0 saturated carbocycles. The van der Waals surface area contributed by atoms with E-state index in [2.05, 4.69) is 26.6 Å². The Bertz CT molecular complexity index is 2650. The zero-order valence-corrected chi connectivity index (χ0v) is 61.7. The van der Waals surface area contributed by atoms with Gasteiger partial charge in [0, 0.05) is 81.4 Å². The molecule has 27 nitrogen and oxygen atoms in total. The van der Waals surface area contributed by atoms with Crippen LogP contribution in [0.4, 0.5) is 0 Å². The Hall–Kier alpha value is -6.74. The number of carbonyl (C=O) groups is 12. The Morgan fingerprint density at radius 3 is 1.47 bits per heavy atom. The van der Waals surface area contributed by atoms with Crippen molar-refractivity contribution in [3.8, 4) is 0 Å². The van der Waals surface area contributed by atoms with Gasteiger partial charge in [-0.2, -0.15) is 0 Å². The lowest BCUT2D eigenvalue weighted by Crippen LogP contribution is -2.64. The summed E-state index contributed by atoms with van der Waals surface area (Å²) in [5.74, 6) is -11.5. The molecule has 14 atom stereocenters. The minimum absolute atomic E-state index is 0.0323. The summed E-state index contributed by atoms with van der Waals surface area (Å²) in [4.78, 5) is 186. The van der Waals surface area contributed by atoms with E-state index in [9.17, 15) is 38.7 Å². The van der Waals surface area contributed by atoms with Gasteiger partial charge in [-0.25, -0.2) is 0 Å². The Morgan fingerprint density at radius 1 is 0.516 bits per heavy atom. The Labute approximate surface area is 566 Å². The highest BCUT2D eigenvalue weighted by Gasteiger charge is 2.46. The molecule has 6 N–H and O–H groups in total. The van der Waals surface area contributed by atoms with Crippen molar-refractivity contribution in [1.82, 2.24) is 65.8 Å². The van der Waals surface area contributed by atoms with E-state index in [0.29, 0.717) is 26.2 Å². The first-order valence-corrected chi connectivity index (χ1v) is 34.1. The van der Waals surface area contributed by atoms with Gasteiger partial charge in [0.2, 0.25) is 70.9 Å². The zero-order valence-electron chi connectivity index (χ0n) is 61.7. The second-order valence-corrected chi connectivity index (χ2v) is 28.4. The molecule has 2 aliphatic heterocycles. The molecule has 0 aliphatic carbocycles. The second-order valence-electron chi connectivity index (χ2n) is 28.4. The molecule has 95 heavy (non-hydrogen) atoms. The maximum absolute atomic E-state index is 15.3. The summed E-state index contributed by atoms with van der Waals surface area (Å²) in [6.45, 7) is 30.6. The van der Waals surface area contributed by atoms with E-state index in [4.69, 9.17) is 4.74 Å².